The maximum absolute atomic E-state index is 13.5. The number of urea groups is 1. The maximum Gasteiger partial charge on any atom is 0.323 e. The molecule has 0 bridgehead atoms. The quantitative estimate of drug-likeness (QED) is 0.505. The van der Waals surface area contributed by atoms with Crippen molar-refractivity contribution < 1.29 is 22.7 Å². The zero-order valence-corrected chi connectivity index (χ0v) is 17.3. The molecule has 0 spiro atoms. The molecule has 0 aliphatic carbocycles. The fourth-order valence-corrected chi connectivity index (χ4v) is 5.59. The fourth-order valence-electron chi connectivity index (χ4n) is 3.07. The van der Waals surface area contributed by atoms with Crippen molar-refractivity contribution in [3.63, 3.8) is 0 Å². The Balaban J connectivity index is 1.82. The van der Waals surface area contributed by atoms with Crippen molar-refractivity contribution in [1.29, 1.82) is 0 Å². The minimum Gasteiger partial charge on any atom is -0.504 e. The van der Waals surface area contributed by atoms with Gasteiger partial charge in [0.25, 0.3) is 0 Å². The van der Waals surface area contributed by atoms with Gasteiger partial charge < -0.3 is 21.1 Å². The van der Waals surface area contributed by atoms with Gasteiger partial charge in [-0.2, -0.15) is 0 Å². The van der Waals surface area contributed by atoms with E-state index >= 15 is 0 Å². The first-order valence-corrected chi connectivity index (χ1v) is 11.1. The van der Waals surface area contributed by atoms with Crippen LogP contribution < -0.4 is 16.0 Å². The first kappa shape index (κ1) is 21.6. The highest BCUT2D eigenvalue weighted by Crippen LogP contribution is 2.38. The van der Waals surface area contributed by atoms with E-state index in [2.05, 4.69) is 16.0 Å². The highest BCUT2D eigenvalue weighted by atomic mass is 35.5. The molecule has 1 heterocycles. The summed E-state index contributed by atoms with van der Waals surface area (Å²) in [4.78, 5) is 11.8. The second-order valence-electron chi connectivity index (χ2n) is 6.59. The monoisotopic (exact) mass is 461 g/mol. The summed E-state index contributed by atoms with van der Waals surface area (Å²) in [5.41, 5.74) is -0.151. The number of sulfone groups is 1. The molecule has 1 fully saturated rings. The van der Waals surface area contributed by atoms with Crippen LogP contribution in [0.4, 0.5) is 20.6 Å². The third-order valence-electron chi connectivity index (χ3n) is 4.46. The van der Waals surface area contributed by atoms with Crippen LogP contribution in [0.1, 0.15) is 6.42 Å². The van der Waals surface area contributed by atoms with Gasteiger partial charge in [-0.15, -0.1) is 0 Å². The predicted molar refractivity (Wildman–Crippen MR) is 110 cm³/mol. The number of carbonyl (C=O) groups excluding carboxylic acids is 1. The summed E-state index contributed by atoms with van der Waals surface area (Å²) in [6.07, 6.45) is 0.701. The lowest BCUT2D eigenvalue weighted by Crippen LogP contribution is -2.21. The molecule has 1 aliphatic heterocycles. The van der Waals surface area contributed by atoms with Gasteiger partial charge in [0.15, 0.2) is 15.6 Å². The van der Waals surface area contributed by atoms with Crippen molar-refractivity contribution in [2.45, 2.75) is 11.3 Å². The summed E-state index contributed by atoms with van der Waals surface area (Å²) in [6.45, 7) is 1.29. The van der Waals surface area contributed by atoms with Gasteiger partial charge in [0.05, 0.1) is 27.2 Å². The number of halogens is 3. The highest BCUT2D eigenvalue weighted by molar-refractivity contribution is 7.91. The molecule has 1 saturated heterocycles. The maximum atomic E-state index is 13.5. The summed E-state index contributed by atoms with van der Waals surface area (Å²) in [7, 11) is -3.90. The van der Waals surface area contributed by atoms with Gasteiger partial charge >= 0.3 is 6.03 Å². The van der Waals surface area contributed by atoms with E-state index in [-0.39, 0.29) is 33.1 Å². The van der Waals surface area contributed by atoms with E-state index in [1.165, 1.54) is 24.3 Å². The third kappa shape index (κ3) is 4.92. The highest BCUT2D eigenvalue weighted by Gasteiger charge is 2.29. The van der Waals surface area contributed by atoms with E-state index in [4.69, 9.17) is 23.2 Å². The van der Waals surface area contributed by atoms with Crippen molar-refractivity contribution in [2.24, 2.45) is 5.92 Å². The Morgan fingerprint density at radius 3 is 2.62 bits per heavy atom. The van der Waals surface area contributed by atoms with Gasteiger partial charge in [-0.05, 0) is 49.7 Å². The molecular weight excluding hydrogens is 444 g/mol. The molecule has 7 nitrogen and oxygen atoms in total. The third-order valence-corrected chi connectivity index (χ3v) is 7.22. The Morgan fingerprint density at radius 2 is 1.93 bits per heavy atom. The number of benzene rings is 2. The molecule has 2 amide bonds. The van der Waals surface area contributed by atoms with Crippen LogP contribution in [0.2, 0.25) is 10.0 Å². The lowest BCUT2D eigenvalue weighted by molar-refractivity contribution is 0.262. The average Bonchev–Trinajstić information content (AvgIpc) is 3.13. The lowest BCUT2D eigenvalue weighted by Gasteiger charge is -2.15. The van der Waals surface area contributed by atoms with Gasteiger partial charge in [0.2, 0.25) is 0 Å². The van der Waals surface area contributed by atoms with Gasteiger partial charge in [0, 0.05) is 0 Å². The second kappa shape index (κ2) is 8.74. The standard InChI is InChI=1S/C18H18Cl2FN3O4S/c19-11-4-5-14(24-18(26)23-13-3-1-2-12(21)15(13)20)16(25)17(11)29(27,28)9-10-6-7-22-8-10/h1-5,10,22,25H,6-9H2,(H2,23,24,26). The summed E-state index contributed by atoms with van der Waals surface area (Å²) in [5.74, 6) is -1.65. The van der Waals surface area contributed by atoms with Crippen LogP contribution >= 0.6 is 23.2 Å². The molecule has 11 heteroatoms. The van der Waals surface area contributed by atoms with Crippen molar-refractivity contribution in [3.05, 3.63) is 46.2 Å². The molecule has 2 aromatic rings. The first-order chi connectivity index (χ1) is 13.7. The zero-order valence-electron chi connectivity index (χ0n) is 15.0. The smallest absolute Gasteiger partial charge is 0.323 e. The van der Waals surface area contributed by atoms with Crippen molar-refractivity contribution >= 4 is 50.4 Å². The SMILES string of the molecule is O=C(Nc1ccc(Cl)c(S(=O)(=O)CC2CCNC2)c1O)Nc1cccc(F)c1Cl. The van der Waals surface area contributed by atoms with Crippen molar-refractivity contribution in [3.8, 4) is 5.75 Å². The van der Waals surface area contributed by atoms with Gasteiger partial charge in [-0.25, -0.2) is 17.6 Å². The van der Waals surface area contributed by atoms with E-state index < -0.39 is 32.3 Å². The number of hydrogen-bond acceptors (Lipinski definition) is 5. The van der Waals surface area contributed by atoms with Crippen molar-refractivity contribution in [2.75, 3.05) is 29.5 Å². The van der Waals surface area contributed by atoms with Crippen LogP contribution in [0.25, 0.3) is 0 Å². The molecule has 1 aliphatic rings. The number of phenolic OH excluding ortho intramolecular Hbond substituents is 1. The predicted octanol–water partition coefficient (Wildman–Crippen LogP) is 3.87. The summed E-state index contributed by atoms with van der Waals surface area (Å²) in [5, 5.41) is 17.8. The molecule has 2 aromatic carbocycles. The van der Waals surface area contributed by atoms with Crippen LogP contribution in [-0.4, -0.2) is 38.4 Å². The van der Waals surface area contributed by atoms with E-state index in [0.29, 0.717) is 13.0 Å². The first-order valence-electron chi connectivity index (χ1n) is 8.66. The van der Waals surface area contributed by atoms with E-state index in [1.54, 1.807) is 0 Å². The Bertz CT molecular complexity index is 1040. The molecule has 0 aromatic heterocycles. The Hall–Kier alpha value is -2.07. The molecule has 0 radical (unpaired) electrons. The lowest BCUT2D eigenvalue weighted by atomic mass is 10.2. The number of anilines is 2. The number of phenols is 1. The molecule has 1 atom stereocenters. The molecule has 0 saturated carbocycles. The van der Waals surface area contributed by atoms with E-state index in [1.807, 2.05) is 0 Å². The number of rotatable bonds is 5. The minimum absolute atomic E-state index is 0.0131. The molecular formula is C18H18Cl2FN3O4S. The molecule has 4 N–H and O–H groups in total. The number of nitrogens with one attached hydrogen (secondary N) is 3. The fraction of sp³-hybridized carbons (Fsp3) is 0.278. The van der Waals surface area contributed by atoms with E-state index in [0.717, 1.165) is 12.6 Å². The second-order valence-corrected chi connectivity index (χ2v) is 9.35. The molecule has 1 unspecified atom stereocenters. The number of hydrogen-bond donors (Lipinski definition) is 4. The van der Waals surface area contributed by atoms with Gasteiger partial charge in [-0.1, -0.05) is 29.3 Å². The number of carbonyl (C=O) groups is 1. The van der Waals surface area contributed by atoms with Gasteiger partial charge in [0.1, 0.15) is 10.7 Å². The van der Waals surface area contributed by atoms with Crippen LogP contribution in [0.5, 0.6) is 5.75 Å². The molecule has 156 valence electrons. The molecule has 29 heavy (non-hydrogen) atoms. The summed E-state index contributed by atoms with van der Waals surface area (Å²) in [6, 6.07) is 5.57. The van der Waals surface area contributed by atoms with Crippen LogP contribution in [0.15, 0.2) is 35.2 Å². The minimum atomic E-state index is -3.90. The average molecular weight is 462 g/mol. The van der Waals surface area contributed by atoms with Crippen LogP contribution in [-0.2, 0) is 9.84 Å². The number of amides is 2. The van der Waals surface area contributed by atoms with Crippen molar-refractivity contribution in [1.82, 2.24) is 5.32 Å². The Kier molecular flexibility index (Phi) is 6.52. The largest absolute Gasteiger partial charge is 0.504 e. The Labute approximate surface area is 177 Å². The van der Waals surface area contributed by atoms with Crippen LogP contribution in [0.3, 0.4) is 0 Å². The normalized spacial score (nSPS) is 16.6. The zero-order chi connectivity index (χ0) is 21.2. The topological polar surface area (TPSA) is 108 Å². The van der Waals surface area contributed by atoms with E-state index in [9.17, 15) is 22.7 Å². The Morgan fingerprint density at radius 1 is 1.21 bits per heavy atom. The number of aromatic hydroxyl groups is 1. The van der Waals surface area contributed by atoms with Crippen LogP contribution in [0, 0.1) is 11.7 Å². The molecule has 3 rings (SSSR count). The van der Waals surface area contributed by atoms with Gasteiger partial charge in [-0.3, -0.25) is 0 Å². The summed E-state index contributed by atoms with van der Waals surface area (Å²) >= 11 is 11.8. The summed E-state index contributed by atoms with van der Waals surface area (Å²) < 4.78 is 39.0.